The van der Waals surface area contributed by atoms with Crippen LogP contribution in [-0.2, 0) is 17.6 Å². The van der Waals surface area contributed by atoms with Gasteiger partial charge in [0.25, 0.3) is 0 Å². The smallest absolute Gasteiger partial charge is 0.231 e. The lowest BCUT2D eigenvalue weighted by Gasteiger charge is -2.00. The zero-order chi connectivity index (χ0) is 17.1. The lowest BCUT2D eigenvalue weighted by atomic mass is 10.1. The largest absolute Gasteiger partial charge is 0.302 e. The van der Waals surface area contributed by atoms with E-state index in [1.807, 2.05) is 13.8 Å². The van der Waals surface area contributed by atoms with Crippen LogP contribution in [0.15, 0.2) is 30.5 Å². The van der Waals surface area contributed by atoms with Gasteiger partial charge in [-0.1, -0.05) is 12.1 Å². The molecule has 124 valence electrons. The van der Waals surface area contributed by atoms with Crippen LogP contribution in [0.1, 0.15) is 26.0 Å². The Morgan fingerprint density at radius 1 is 1.21 bits per heavy atom. The lowest BCUT2D eigenvalue weighted by molar-refractivity contribution is -0.115. The van der Waals surface area contributed by atoms with Crippen LogP contribution in [-0.4, -0.2) is 15.9 Å². The molecule has 1 N–H and O–H groups in total. The SMILES string of the molecule is Cc1nc(C)c(CC(=O)Nc2ncc(Cc3ccc(F)cc3)s2)s1. The van der Waals surface area contributed by atoms with Gasteiger partial charge in [0.2, 0.25) is 5.91 Å². The van der Waals surface area contributed by atoms with Crippen LogP contribution in [0, 0.1) is 19.7 Å². The highest BCUT2D eigenvalue weighted by Gasteiger charge is 2.12. The lowest BCUT2D eigenvalue weighted by Crippen LogP contribution is -2.13. The van der Waals surface area contributed by atoms with Gasteiger partial charge in [-0.3, -0.25) is 4.79 Å². The van der Waals surface area contributed by atoms with Crippen molar-refractivity contribution in [2.45, 2.75) is 26.7 Å². The molecule has 0 unspecified atom stereocenters. The summed E-state index contributed by atoms with van der Waals surface area (Å²) in [5.41, 5.74) is 1.91. The molecule has 24 heavy (non-hydrogen) atoms. The Kier molecular flexibility index (Phi) is 5.01. The highest BCUT2D eigenvalue weighted by Crippen LogP contribution is 2.22. The summed E-state index contributed by atoms with van der Waals surface area (Å²) in [7, 11) is 0. The number of benzene rings is 1. The molecule has 3 rings (SSSR count). The zero-order valence-electron chi connectivity index (χ0n) is 13.3. The molecule has 0 aliphatic rings. The molecule has 3 aromatic rings. The highest BCUT2D eigenvalue weighted by molar-refractivity contribution is 7.15. The quantitative estimate of drug-likeness (QED) is 0.743. The third-order valence-corrected chi connectivity index (χ3v) is 5.40. The average Bonchev–Trinajstić information content (AvgIpc) is 3.08. The van der Waals surface area contributed by atoms with Gasteiger partial charge in [-0.15, -0.1) is 22.7 Å². The Hall–Kier alpha value is -2.12. The molecule has 1 amide bonds. The fourth-order valence-corrected chi connectivity index (χ4v) is 4.10. The van der Waals surface area contributed by atoms with E-state index in [9.17, 15) is 9.18 Å². The first-order valence-corrected chi connectivity index (χ1v) is 9.05. The molecule has 4 nitrogen and oxygen atoms in total. The summed E-state index contributed by atoms with van der Waals surface area (Å²) >= 11 is 2.97. The third-order valence-electron chi connectivity index (χ3n) is 3.41. The van der Waals surface area contributed by atoms with Crippen molar-refractivity contribution in [1.29, 1.82) is 0 Å². The summed E-state index contributed by atoms with van der Waals surface area (Å²) in [4.78, 5) is 22.7. The van der Waals surface area contributed by atoms with Crippen LogP contribution >= 0.6 is 22.7 Å². The van der Waals surface area contributed by atoms with Gasteiger partial charge < -0.3 is 5.32 Å². The topological polar surface area (TPSA) is 54.9 Å². The number of aromatic nitrogens is 2. The Bertz CT molecular complexity index is 855. The number of hydrogen-bond acceptors (Lipinski definition) is 5. The number of nitrogens with one attached hydrogen (secondary N) is 1. The van der Waals surface area contributed by atoms with E-state index in [0.717, 1.165) is 26.0 Å². The maximum absolute atomic E-state index is 12.9. The summed E-state index contributed by atoms with van der Waals surface area (Å²) in [6, 6.07) is 6.39. The molecule has 7 heteroatoms. The number of nitrogens with zero attached hydrogens (tertiary/aromatic N) is 2. The maximum Gasteiger partial charge on any atom is 0.231 e. The molecule has 1 aromatic carbocycles. The minimum absolute atomic E-state index is 0.0931. The molecule has 0 bridgehead atoms. The van der Waals surface area contributed by atoms with Gasteiger partial charge in [0.05, 0.1) is 17.1 Å². The Morgan fingerprint density at radius 3 is 2.62 bits per heavy atom. The fraction of sp³-hybridized carbons (Fsp3) is 0.235. The second-order valence-corrected chi connectivity index (χ2v) is 7.80. The number of amides is 1. The number of carbonyl (C=O) groups is 1. The molecule has 0 spiro atoms. The number of carbonyl (C=O) groups excluding carboxylic acids is 1. The average molecular weight is 361 g/mol. The van der Waals surface area contributed by atoms with E-state index in [0.29, 0.717) is 18.0 Å². The van der Waals surface area contributed by atoms with Crippen molar-refractivity contribution in [2.75, 3.05) is 5.32 Å². The van der Waals surface area contributed by atoms with Gasteiger partial charge in [0.15, 0.2) is 5.13 Å². The summed E-state index contributed by atoms with van der Waals surface area (Å²) in [5.74, 6) is -0.339. The number of hydrogen-bond donors (Lipinski definition) is 1. The van der Waals surface area contributed by atoms with Crippen LogP contribution in [0.5, 0.6) is 0 Å². The van der Waals surface area contributed by atoms with E-state index in [2.05, 4.69) is 15.3 Å². The second-order valence-electron chi connectivity index (χ2n) is 5.40. The van der Waals surface area contributed by atoms with Gasteiger partial charge in [0.1, 0.15) is 5.82 Å². The van der Waals surface area contributed by atoms with E-state index in [1.54, 1.807) is 29.7 Å². The normalized spacial score (nSPS) is 10.8. The van der Waals surface area contributed by atoms with Crippen LogP contribution in [0.4, 0.5) is 9.52 Å². The highest BCUT2D eigenvalue weighted by atomic mass is 32.1. The number of anilines is 1. The van der Waals surface area contributed by atoms with E-state index in [-0.39, 0.29) is 11.7 Å². The molecule has 0 radical (unpaired) electrons. The van der Waals surface area contributed by atoms with Crippen molar-refractivity contribution < 1.29 is 9.18 Å². The molecule has 0 atom stereocenters. The molecule has 2 heterocycles. The Balaban J connectivity index is 1.60. The van der Waals surface area contributed by atoms with Crippen molar-refractivity contribution in [3.63, 3.8) is 0 Å². The summed E-state index contributed by atoms with van der Waals surface area (Å²) in [5, 5.41) is 4.37. The molecule has 2 aromatic heterocycles. The fourth-order valence-electron chi connectivity index (χ4n) is 2.30. The van der Waals surface area contributed by atoms with E-state index < -0.39 is 0 Å². The number of thiazole rings is 2. The Labute approximate surface area is 147 Å². The monoisotopic (exact) mass is 361 g/mol. The number of rotatable bonds is 5. The van der Waals surface area contributed by atoms with Crippen LogP contribution in [0.2, 0.25) is 0 Å². The number of aryl methyl sites for hydroxylation is 2. The van der Waals surface area contributed by atoms with Crippen LogP contribution in [0.25, 0.3) is 0 Å². The minimum Gasteiger partial charge on any atom is -0.302 e. The maximum atomic E-state index is 12.9. The first kappa shape index (κ1) is 16.7. The molecular formula is C17H16FN3OS2. The summed E-state index contributed by atoms with van der Waals surface area (Å²) in [6.07, 6.45) is 2.72. The van der Waals surface area contributed by atoms with Crippen molar-refractivity contribution >= 4 is 33.7 Å². The summed E-state index contributed by atoms with van der Waals surface area (Å²) < 4.78 is 12.9. The molecule has 0 fully saturated rings. The van der Waals surface area contributed by atoms with Gasteiger partial charge in [-0.25, -0.2) is 14.4 Å². The van der Waals surface area contributed by atoms with Crippen molar-refractivity contribution in [3.8, 4) is 0 Å². The van der Waals surface area contributed by atoms with Gasteiger partial charge >= 0.3 is 0 Å². The molecule has 0 aliphatic heterocycles. The molecule has 0 saturated heterocycles. The third kappa shape index (κ3) is 4.24. The first-order chi connectivity index (χ1) is 11.5. The molecular weight excluding hydrogens is 345 g/mol. The van der Waals surface area contributed by atoms with Crippen molar-refractivity contribution in [2.24, 2.45) is 0 Å². The van der Waals surface area contributed by atoms with Crippen LogP contribution < -0.4 is 5.32 Å². The van der Waals surface area contributed by atoms with E-state index >= 15 is 0 Å². The van der Waals surface area contributed by atoms with Crippen molar-refractivity contribution in [3.05, 3.63) is 62.3 Å². The van der Waals surface area contributed by atoms with E-state index in [1.165, 1.54) is 23.5 Å². The van der Waals surface area contributed by atoms with Gasteiger partial charge in [0, 0.05) is 22.4 Å². The summed E-state index contributed by atoms with van der Waals surface area (Å²) in [6.45, 7) is 3.85. The number of halogens is 1. The van der Waals surface area contributed by atoms with Crippen molar-refractivity contribution in [1.82, 2.24) is 9.97 Å². The van der Waals surface area contributed by atoms with E-state index in [4.69, 9.17) is 0 Å². The standard InChI is InChI=1S/C17H16FN3OS2/c1-10-15(23-11(2)20-10)8-16(22)21-17-19-9-14(24-17)7-12-3-5-13(18)6-4-12/h3-6,9H,7-8H2,1-2H3,(H,19,21,22). The molecule has 0 aliphatic carbocycles. The minimum atomic E-state index is -0.246. The Morgan fingerprint density at radius 2 is 1.96 bits per heavy atom. The zero-order valence-corrected chi connectivity index (χ0v) is 14.9. The van der Waals surface area contributed by atoms with Crippen LogP contribution in [0.3, 0.4) is 0 Å². The first-order valence-electron chi connectivity index (χ1n) is 7.41. The molecule has 0 saturated carbocycles. The van der Waals surface area contributed by atoms with Gasteiger partial charge in [-0.05, 0) is 31.5 Å². The van der Waals surface area contributed by atoms with Gasteiger partial charge in [-0.2, -0.15) is 0 Å². The predicted molar refractivity (Wildman–Crippen MR) is 95.2 cm³/mol. The second kappa shape index (κ2) is 7.19. The predicted octanol–water partition coefficient (Wildman–Crippen LogP) is 4.13.